The monoisotopic (exact) mass is 444 g/mol. The number of aryl methyl sites for hydroxylation is 1. The normalized spacial score (nSPS) is 16.0. The maximum atomic E-state index is 13.5. The molecule has 0 bridgehead atoms. The van der Waals surface area contributed by atoms with E-state index < -0.39 is 5.41 Å². The average molecular weight is 445 g/mol. The van der Waals surface area contributed by atoms with E-state index in [0.29, 0.717) is 0 Å². The SMILES string of the molecule is Cc1cccc(C2(C#N)CCN(CCCC(c3ccc(F)cc3)c3ccc(F)cc3)CC2)c1. The van der Waals surface area contributed by atoms with E-state index in [2.05, 4.69) is 36.1 Å². The number of halogens is 2. The van der Waals surface area contributed by atoms with Crippen LogP contribution in [-0.4, -0.2) is 24.5 Å². The predicted octanol–water partition coefficient (Wildman–Crippen LogP) is 6.74. The van der Waals surface area contributed by atoms with Gasteiger partial charge in [-0.05, 0) is 93.2 Å². The lowest BCUT2D eigenvalue weighted by molar-refractivity contribution is 0.182. The van der Waals surface area contributed by atoms with Gasteiger partial charge in [-0.3, -0.25) is 0 Å². The number of hydrogen-bond donors (Lipinski definition) is 0. The Hall–Kier alpha value is -3.03. The van der Waals surface area contributed by atoms with Crippen molar-refractivity contribution in [2.75, 3.05) is 19.6 Å². The molecule has 1 saturated heterocycles. The minimum Gasteiger partial charge on any atom is -0.303 e. The van der Waals surface area contributed by atoms with E-state index in [1.165, 1.54) is 29.8 Å². The highest BCUT2D eigenvalue weighted by Crippen LogP contribution is 2.36. The third-order valence-corrected chi connectivity index (χ3v) is 7.01. The standard InChI is InChI=1S/C29H30F2N2/c1-22-4-2-5-25(20-22)29(21-32)15-18-33(19-16-29)17-3-6-28(23-7-11-26(30)12-8-23)24-9-13-27(31)14-10-24/h2,4-5,7-14,20,28H,3,6,15-19H2,1H3. The van der Waals surface area contributed by atoms with E-state index in [1.807, 2.05) is 30.3 Å². The molecule has 170 valence electrons. The van der Waals surface area contributed by atoms with Crippen LogP contribution in [0, 0.1) is 29.9 Å². The van der Waals surface area contributed by atoms with E-state index >= 15 is 0 Å². The van der Waals surface area contributed by atoms with E-state index in [9.17, 15) is 14.0 Å². The van der Waals surface area contributed by atoms with Crippen LogP contribution in [0.4, 0.5) is 8.78 Å². The zero-order valence-electron chi connectivity index (χ0n) is 19.1. The first kappa shape index (κ1) is 23.1. The quantitative estimate of drug-likeness (QED) is 0.403. The summed E-state index contributed by atoms with van der Waals surface area (Å²) in [7, 11) is 0. The van der Waals surface area contributed by atoms with Crippen LogP contribution in [0.5, 0.6) is 0 Å². The van der Waals surface area contributed by atoms with Gasteiger partial charge in [-0.15, -0.1) is 0 Å². The first-order valence-corrected chi connectivity index (χ1v) is 11.7. The van der Waals surface area contributed by atoms with E-state index in [1.54, 1.807) is 0 Å². The van der Waals surface area contributed by atoms with Gasteiger partial charge in [-0.25, -0.2) is 8.78 Å². The van der Waals surface area contributed by atoms with Crippen molar-refractivity contribution in [3.8, 4) is 6.07 Å². The Balaban J connectivity index is 1.38. The molecule has 1 fully saturated rings. The summed E-state index contributed by atoms with van der Waals surface area (Å²) in [6, 6.07) is 24.2. The second kappa shape index (κ2) is 10.3. The number of benzene rings is 3. The van der Waals surface area contributed by atoms with Crippen molar-refractivity contribution in [1.82, 2.24) is 4.90 Å². The molecule has 1 heterocycles. The van der Waals surface area contributed by atoms with Crippen molar-refractivity contribution >= 4 is 0 Å². The van der Waals surface area contributed by atoms with Crippen molar-refractivity contribution in [2.45, 2.75) is 43.9 Å². The number of piperidine rings is 1. The average Bonchev–Trinajstić information content (AvgIpc) is 2.84. The predicted molar refractivity (Wildman–Crippen MR) is 128 cm³/mol. The molecule has 0 radical (unpaired) electrons. The molecule has 0 unspecified atom stereocenters. The van der Waals surface area contributed by atoms with Crippen LogP contribution in [0.3, 0.4) is 0 Å². The molecule has 4 heteroatoms. The molecule has 3 aromatic rings. The molecular formula is C29H30F2N2. The number of rotatable bonds is 7. The molecule has 2 nitrogen and oxygen atoms in total. The fourth-order valence-electron chi connectivity index (χ4n) is 5.00. The zero-order chi connectivity index (χ0) is 23.3. The highest BCUT2D eigenvalue weighted by Gasteiger charge is 2.36. The minimum absolute atomic E-state index is 0.0986. The van der Waals surface area contributed by atoms with E-state index in [0.717, 1.165) is 62.0 Å². The summed E-state index contributed by atoms with van der Waals surface area (Å²) < 4.78 is 26.9. The summed E-state index contributed by atoms with van der Waals surface area (Å²) in [6.07, 6.45) is 3.55. The Morgan fingerprint density at radius 2 is 1.48 bits per heavy atom. The molecular weight excluding hydrogens is 414 g/mol. The smallest absolute Gasteiger partial charge is 0.123 e. The molecule has 1 aliphatic heterocycles. The molecule has 3 aromatic carbocycles. The van der Waals surface area contributed by atoms with Crippen molar-refractivity contribution < 1.29 is 8.78 Å². The summed E-state index contributed by atoms with van der Waals surface area (Å²) in [5, 5.41) is 9.99. The van der Waals surface area contributed by atoms with Crippen LogP contribution in [0.2, 0.25) is 0 Å². The Morgan fingerprint density at radius 3 is 2.00 bits per heavy atom. The van der Waals surface area contributed by atoms with Gasteiger partial charge in [0.15, 0.2) is 0 Å². The van der Waals surface area contributed by atoms with Crippen molar-refractivity contribution in [3.05, 3.63) is 107 Å². The maximum absolute atomic E-state index is 13.5. The van der Waals surface area contributed by atoms with Gasteiger partial charge in [0.25, 0.3) is 0 Å². The fourth-order valence-corrected chi connectivity index (χ4v) is 5.00. The zero-order valence-corrected chi connectivity index (χ0v) is 19.1. The summed E-state index contributed by atoms with van der Waals surface area (Å²) in [4.78, 5) is 2.44. The molecule has 0 aromatic heterocycles. The van der Waals surface area contributed by atoms with Crippen LogP contribution < -0.4 is 0 Å². The van der Waals surface area contributed by atoms with Gasteiger partial charge in [0.1, 0.15) is 11.6 Å². The second-order valence-corrected chi connectivity index (χ2v) is 9.20. The topological polar surface area (TPSA) is 27.0 Å². The molecule has 4 rings (SSSR count). The third-order valence-electron chi connectivity index (χ3n) is 7.01. The number of nitriles is 1. The van der Waals surface area contributed by atoms with E-state index in [-0.39, 0.29) is 17.6 Å². The van der Waals surface area contributed by atoms with Crippen LogP contribution in [0.15, 0.2) is 72.8 Å². The first-order valence-electron chi connectivity index (χ1n) is 11.7. The molecule has 1 aliphatic rings. The Kier molecular flexibility index (Phi) is 7.20. The Labute approximate surface area is 195 Å². The number of nitrogens with zero attached hydrogens (tertiary/aromatic N) is 2. The van der Waals surface area contributed by atoms with Crippen LogP contribution >= 0.6 is 0 Å². The highest BCUT2D eigenvalue weighted by molar-refractivity contribution is 5.36. The van der Waals surface area contributed by atoms with Gasteiger partial charge >= 0.3 is 0 Å². The van der Waals surface area contributed by atoms with Gasteiger partial charge in [-0.1, -0.05) is 54.1 Å². The first-order chi connectivity index (χ1) is 16.0. The second-order valence-electron chi connectivity index (χ2n) is 9.20. The van der Waals surface area contributed by atoms with Crippen LogP contribution in [0.25, 0.3) is 0 Å². The molecule has 33 heavy (non-hydrogen) atoms. The molecule has 0 aliphatic carbocycles. The largest absolute Gasteiger partial charge is 0.303 e. The lowest BCUT2D eigenvalue weighted by Crippen LogP contribution is -2.42. The lowest BCUT2D eigenvalue weighted by atomic mass is 9.73. The number of likely N-dealkylation sites (tertiary alicyclic amines) is 1. The summed E-state index contributed by atoms with van der Waals surface area (Å²) in [5.41, 5.74) is 4.02. The molecule has 0 atom stereocenters. The van der Waals surface area contributed by atoms with Gasteiger partial charge in [0.05, 0.1) is 11.5 Å². The molecule has 0 saturated carbocycles. The fraction of sp³-hybridized carbons (Fsp3) is 0.345. The molecule has 0 spiro atoms. The third kappa shape index (κ3) is 5.49. The van der Waals surface area contributed by atoms with E-state index in [4.69, 9.17) is 0 Å². The van der Waals surface area contributed by atoms with Crippen molar-refractivity contribution in [3.63, 3.8) is 0 Å². The summed E-state index contributed by atoms with van der Waals surface area (Å²) in [6.45, 7) is 4.83. The Bertz CT molecular complexity index is 1050. The van der Waals surface area contributed by atoms with Gasteiger partial charge in [0.2, 0.25) is 0 Å². The van der Waals surface area contributed by atoms with Crippen molar-refractivity contribution in [2.24, 2.45) is 0 Å². The molecule has 0 amide bonds. The highest BCUT2D eigenvalue weighted by atomic mass is 19.1. The molecule has 0 N–H and O–H groups in total. The van der Waals surface area contributed by atoms with Crippen LogP contribution in [-0.2, 0) is 5.41 Å². The number of hydrogen-bond acceptors (Lipinski definition) is 2. The maximum Gasteiger partial charge on any atom is 0.123 e. The summed E-state index contributed by atoms with van der Waals surface area (Å²) in [5.74, 6) is -0.402. The Morgan fingerprint density at radius 1 is 0.909 bits per heavy atom. The van der Waals surface area contributed by atoms with Crippen LogP contribution in [0.1, 0.15) is 53.9 Å². The van der Waals surface area contributed by atoms with Gasteiger partial charge in [-0.2, -0.15) is 5.26 Å². The van der Waals surface area contributed by atoms with Gasteiger partial charge in [0, 0.05) is 5.92 Å². The summed E-state index contributed by atoms with van der Waals surface area (Å²) >= 11 is 0. The lowest BCUT2D eigenvalue weighted by Gasteiger charge is -2.38. The van der Waals surface area contributed by atoms with Gasteiger partial charge < -0.3 is 4.90 Å². The van der Waals surface area contributed by atoms with Crippen molar-refractivity contribution in [1.29, 1.82) is 5.26 Å². The minimum atomic E-state index is -0.396.